The highest BCUT2D eigenvalue weighted by molar-refractivity contribution is 5.79. The number of hydrogen-bond donors (Lipinski definition) is 1. The Morgan fingerprint density at radius 3 is 2.72 bits per heavy atom. The molecule has 2 heterocycles. The van der Waals surface area contributed by atoms with Crippen LogP contribution in [0.4, 0.5) is 0 Å². The van der Waals surface area contributed by atoms with E-state index in [4.69, 9.17) is 0 Å². The van der Waals surface area contributed by atoms with Crippen LogP contribution in [0, 0.1) is 11.3 Å². The molecule has 0 radical (unpaired) electrons. The lowest BCUT2D eigenvalue weighted by Crippen LogP contribution is -2.45. The van der Waals surface area contributed by atoms with Crippen molar-refractivity contribution < 1.29 is 4.79 Å². The van der Waals surface area contributed by atoms with Gasteiger partial charge in [-0.05, 0) is 31.2 Å². The number of nitrogens with zero attached hydrogens (tertiary/aromatic N) is 1. The van der Waals surface area contributed by atoms with Crippen molar-refractivity contribution in [1.29, 1.82) is 0 Å². The van der Waals surface area contributed by atoms with E-state index in [0.717, 1.165) is 45.4 Å². The van der Waals surface area contributed by atoms with Crippen LogP contribution in [0.1, 0.15) is 40.0 Å². The summed E-state index contributed by atoms with van der Waals surface area (Å²) in [7, 11) is 0. The molecule has 1 fully saturated rings. The van der Waals surface area contributed by atoms with Gasteiger partial charge >= 0.3 is 0 Å². The van der Waals surface area contributed by atoms with Gasteiger partial charge in [0, 0.05) is 19.6 Å². The summed E-state index contributed by atoms with van der Waals surface area (Å²) in [4.78, 5) is 14.4. The molecule has 0 bridgehead atoms. The van der Waals surface area contributed by atoms with Gasteiger partial charge in [-0.2, -0.15) is 0 Å². The van der Waals surface area contributed by atoms with E-state index in [1.807, 2.05) is 4.90 Å². The first-order valence-corrected chi connectivity index (χ1v) is 7.17. The van der Waals surface area contributed by atoms with Crippen molar-refractivity contribution in [1.82, 2.24) is 10.2 Å². The Morgan fingerprint density at radius 1 is 1.44 bits per heavy atom. The Bertz CT molecular complexity index is 335. The molecular weight excluding hydrogens is 224 g/mol. The van der Waals surface area contributed by atoms with Crippen molar-refractivity contribution in [3.8, 4) is 0 Å². The topological polar surface area (TPSA) is 32.3 Å². The maximum atomic E-state index is 12.4. The van der Waals surface area contributed by atoms with Crippen molar-refractivity contribution in [2.45, 2.75) is 40.0 Å². The van der Waals surface area contributed by atoms with Crippen LogP contribution in [0.3, 0.4) is 0 Å². The number of carbonyl (C=O) groups excluding carboxylic acids is 1. The van der Waals surface area contributed by atoms with E-state index in [1.165, 1.54) is 5.57 Å². The zero-order valence-electron chi connectivity index (χ0n) is 12.0. The predicted octanol–water partition coefficient (Wildman–Crippen LogP) is 2.19. The largest absolute Gasteiger partial charge is 0.338 e. The zero-order valence-corrected chi connectivity index (χ0v) is 12.0. The molecule has 1 saturated heterocycles. The van der Waals surface area contributed by atoms with E-state index in [0.29, 0.717) is 5.91 Å². The Morgan fingerprint density at radius 2 is 2.22 bits per heavy atom. The summed E-state index contributed by atoms with van der Waals surface area (Å²) < 4.78 is 0. The molecule has 0 spiro atoms. The first kappa shape index (κ1) is 13.6. The molecule has 2 aliphatic rings. The second-order valence-corrected chi connectivity index (χ2v) is 6.56. The summed E-state index contributed by atoms with van der Waals surface area (Å²) in [6, 6.07) is 0. The third-order valence-corrected chi connectivity index (χ3v) is 4.13. The summed E-state index contributed by atoms with van der Waals surface area (Å²) in [5.41, 5.74) is 1.75. The van der Waals surface area contributed by atoms with Crippen LogP contribution >= 0.6 is 0 Å². The molecule has 0 aliphatic carbocycles. The highest BCUT2D eigenvalue weighted by Gasteiger charge is 2.28. The van der Waals surface area contributed by atoms with Crippen LogP contribution in [0.25, 0.3) is 0 Å². The number of carbonyl (C=O) groups is 1. The van der Waals surface area contributed by atoms with Gasteiger partial charge < -0.3 is 10.2 Å². The third kappa shape index (κ3) is 3.14. The highest BCUT2D eigenvalue weighted by Crippen LogP contribution is 2.30. The van der Waals surface area contributed by atoms with E-state index in [1.54, 1.807) is 0 Å². The molecule has 3 heteroatoms. The molecule has 1 N–H and O–H groups in total. The van der Waals surface area contributed by atoms with Crippen LogP contribution in [0.15, 0.2) is 11.6 Å². The van der Waals surface area contributed by atoms with Crippen molar-refractivity contribution in [2.75, 3.05) is 26.2 Å². The van der Waals surface area contributed by atoms with Crippen molar-refractivity contribution in [2.24, 2.45) is 11.3 Å². The molecule has 1 atom stereocenters. The number of piperidine rings is 1. The Labute approximate surface area is 111 Å². The number of rotatable bonds is 1. The van der Waals surface area contributed by atoms with Crippen LogP contribution in [0.5, 0.6) is 0 Å². The van der Waals surface area contributed by atoms with E-state index >= 15 is 0 Å². The van der Waals surface area contributed by atoms with Crippen molar-refractivity contribution in [3.63, 3.8) is 0 Å². The molecular formula is C15H26N2O. The van der Waals surface area contributed by atoms with Crippen LogP contribution in [-0.4, -0.2) is 37.0 Å². The molecule has 2 aliphatic heterocycles. The highest BCUT2D eigenvalue weighted by atomic mass is 16.2. The van der Waals surface area contributed by atoms with Crippen LogP contribution < -0.4 is 5.32 Å². The lowest BCUT2D eigenvalue weighted by molar-refractivity contribution is -0.135. The fourth-order valence-electron chi connectivity index (χ4n) is 2.87. The van der Waals surface area contributed by atoms with Crippen molar-refractivity contribution in [3.05, 3.63) is 11.6 Å². The Hall–Kier alpha value is -0.830. The fourth-order valence-corrected chi connectivity index (χ4v) is 2.87. The van der Waals surface area contributed by atoms with Gasteiger partial charge in [0.2, 0.25) is 5.91 Å². The molecule has 0 aromatic rings. The monoisotopic (exact) mass is 250 g/mol. The van der Waals surface area contributed by atoms with Gasteiger partial charge in [-0.25, -0.2) is 0 Å². The van der Waals surface area contributed by atoms with E-state index in [2.05, 4.69) is 32.2 Å². The van der Waals surface area contributed by atoms with Gasteiger partial charge in [-0.15, -0.1) is 0 Å². The average molecular weight is 250 g/mol. The minimum absolute atomic E-state index is 0.211. The number of hydrogen-bond acceptors (Lipinski definition) is 2. The second kappa shape index (κ2) is 5.43. The van der Waals surface area contributed by atoms with E-state index in [9.17, 15) is 4.79 Å². The Kier molecular flexibility index (Phi) is 4.10. The molecule has 1 amide bonds. The second-order valence-electron chi connectivity index (χ2n) is 6.56. The molecule has 0 aromatic carbocycles. The summed E-state index contributed by atoms with van der Waals surface area (Å²) in [6.07, 6.45) is 5.48. The summed E-state index contributed by atoms with van der Waals surface area (Å²) in [5.74, 6) is 0.565. The quantitative estimate of drug-likeness (QED) is 0.724. The molecule has 0 unspecified atom stereocenters. The fraction of sp³-hybridized carbons (Fsp3) is 0.800. The lowest BCUT2D eigenvalue weighted by atomic mass is 9.82. The van der Waals surface area contributed by atoms with Crippen molar-refractivity contribution >= 4 is 5.91 Å². The van der Waals surface area contributed by atoms with Crippen LogP contribution in [0.2, 0.25) is 0 Å². The van der Waals surface area contributed by atoms with Gasteiger partial charge in [0.05, 0.1) is 5.92 Å². The van der Waals surface area contributed by atoms with Crippen LogP contribution in [-0.2, 0) is 4.79 Å². The van der Waals surface area contributed by atoms with Gasteiger partial charge in [-0.1, -0.05) is 32.4 Å². The van der Waals surface area contributed by atoms with Gasteiger partial charge in [0.25, 0.3) is 0 Å². The average Bonchev–Trinajstić information content (AvgIpc) is 2.38. The molecule has 3 nitrogen and oxygen atoms in total. The summed E-state index contributed by atoms with van der Waals surface area (Å²) >= 11 is 0. The normalized spacial score (nSPS) is 25.8. The molecule has 18 heavy (non-hydrogen) atoms. The predicted molar refractivity (Wildman–Crippen MR) is 74.3 cm³/mol. The number of nitrogens with one attached hydrogen (secondary N) is 1. The third-order valence-electron chi connectivity index (χ3n) is 4.13. The van der Waals surface area contributed by atoms with Gasteiger partial charge in [0.1, 0.15) is 0 Å². The van der Waals surface area contributed by atoms with Gasteiger partial charge in [-0.3, -0.25) is 4.79 Å². The minimum Gasteiger partial charge on any atom is -0.338 e. The summed E-state index contributed by atoms with van der Waals surface area (Å²) in [6.45, 7) is 10.4. The molecule has 2 rings (SSSR count). The molecule has 102 valence electrons. The molecule has 0 saturated carbocycles. The SMILES string of the molecule is CC(C)(C)C1=CCN(C(=O)[C@@H]2CCCNC2)CC1. The minimum atomic E-state index is 0.211. The lowest BCUT2D eigenvalue weighted by Gasteiger charge is -2.35. The maximum Gasteiger partial charge on any atom is 0.227 e. The van der Waals surface area contributed by atoms with Gasteiger partial charge in [0.15, 0.2) is 0 Å². The number of amides is 1. The Balaban J connectivity index is 1.92. The molecule has 0 aromatic heterocycles. The first-order chi connectivity index (χ1) is 8.48. The first-order valence-electron chi connectivity index (χ1n) is 7.17. The zero-order chi connectivity index (χ0) is 13.2. The van der Waals surface area contributed by atoms with E-state index < -0.39 is 0 Å². The standard InChI is InChI=1S/C15H26N2O/c1-15(2,3)13-6-9-17(10-7-13)14(18)12-5-4-8-16-11-12/h6,12,16H,4-5,7-11H2,1-3H3/t12-/m1/s1. The summed E-state index contributed by atoms with van der Waals surface area (Å²) in [5, 5.41) is 3.32. The van der Waals surface area contributed by atoms with E-state index in [-0.39, 0.29) is 11.3 Å². The maximum absolute atomic E-state index is 12.4. The smallest absolute Gasteiger partial charge is 0.227 e.